The number of nitrogens with zero attached hydrogens (tertiary/aromatic N) is 2. The summed E-state index contributed by atoms with van der Waals surface area (Å²) in [5.74, 6) is 0.833. The minimum Gasteiger partial charge on any atom is -0.218 e. The third kappa shape index (κ3) is 1.08. The molecule has 0 saturated carbocycles. The molecule has 0 radical (unpaired) electrons. The molecular weight excluding hydrogens is 136 g/mol. The highest BCUT2D eigenvalue weighted by Gasteiger charge is 2.14. The Morgan fingerprint density at radius 1 is 1.67 bits per heavy atom. The van der Waals surface area contributed by atoms with Gasteiger partial charge in [0, 0.05) is 6.92 Å². The molecule has 0 fully saturated rings. The maximum Gasteiger partial charge on any atom is 0.408 e. The second-order valence-corrected chi connectivity index (χ2v) is 2.52. The van der Waals surface area contributed by atoms with Crippen LogP contribution in [0.15, 0.2) is 9.68 Å². The van der Waals surface area contributed by atoms with Crippen LogP contribution >= 0.6 is 11.8 Å². The number of hydrogen-bond acceptors (Lipinski definition) is 3. The van der Waals surface area contributed by atoms with E-state index in [0.717, 1.165) is 11.0 Å². The van der Waals surface area contributed by atoms with Gasteiger partial charge in [-0.15, -0.1) is 0 Å². The first-order chi connectivity index (χ1) is 4.25. The summed E-state index contributed by atoms with van der Waals surface area (Å²) >= 11 is 1.57. The fraction of sp³-hybridized carbons (Fsp3) is 0.600. The van der Waals surface area contributed by atoms with Crippen molar-refractivity contribution in [2.24, 2.45) is 7.05 Å². The van der Waals surface area contributed by atoms with Crippen molar-refractivity contribution in [3.8, 4) is 0 Å². The molecule has 4 heteroatoms. The summed E-state index contributed by atoms with van der Waals surface area (Å²) in [5, 5.41) is 4.69. The van der Waals surface area contributed by atoms with Crippen molar-refractivity contribution in [2.45, 2.75) is 12.1 Å². The molecule has 0 aliphatic heterocycles. The van der Waals surface area contributed by atoms with Gasteiger partial charge in [-0.2, -0.15) is 4.57 Å². The monoisotopic (exact) mass is 145 g/mol. The standard InChI is InChI=1S/C5H9N2OS/c1-4-7(2)5(9-3)6-8-4/h1-3H3/q+1. The van der Waals surface area contributed by atoms with E-state index < -0.39 is 0 Å². The van der Waals surface area contributed by atoms with Crippen LogP contribution in [0.1, 0.15) is 5.89 Å². The minimum atomic E-state index is 0.833. The quantitative estimate of drug-likeness (QED) is 0.426. The Labute approximate surface area is 58.0 Å². The lowest BCUT2D eigenvalue weighted by Gasteiger charge is -1.81. The smallest absolute Gasteiger partial charge is 0.218 e. The van der Waals surface area contributed by atoms with Crippen molar-refractivity contribution in [2.75, 3.05) is 6.26 Å². The van der Waals surface area contributed by atoms with E-state index in [0.29, 0.717) is 0 Å². The molecule has 0 bridgehead atoms. The Balaban J connectivity index is 3.04. The van der Waals surface area contributed by atoms with Crippen LogP contribution in [0.5, 0.6) is 0 Å². The molecule has 1 heterocycles. The molecule has 0 spiro atoms. The molecule has 0 aliphatic carbocycles. The van der Waals surface area contributed by atoms with Gasteiger partial charge in [0.2, 0.25) is 0 Å². The molecule has 1 aromatic rings. The van der Waals surface area contributed by atoms with E-state index >= 15 is 0 Å². The van der Waals surface area contributed by atoms with Gasteiger partial charge in [0.1, 0.15) is 0 Å². The largest absolute Gasteiger partial charge is 0.408 e. The Kier molecular flexibility index (Phi) is 1.75. The van der Waals surface area contributed by atoms with E-state index in [4.69, 9.17) is 4.52 Å². The second kappa shape index (κ2) is 2.39. The van der Waals surface area contributed by atoms with Crippen LogP contribution in [0.4, 0.5) is 0 Å². The van der Waals surface area contributed by atoms with Crippen LogP contribution in [0.2, 0.25) is 0 Å². The molecule has 9 heavy (non-hydrogen) atoms. The summed E-state index contributed by atoms with van der Waals surface area (Å²) in [5.41, 5.74) is 0. The molecule has 3 nitrogen and oxygen atoms in total. The van der Waals surface area contributed by atoms with Gasteiger partial charge in [0.15, 0.2) is 5.16 Å². The maximum atomic E-state index is 4.88. The highest BCUT2D eigenvalue weighted by Crippen LogP contribution is 2.04. The van der Waals surface area contributed by atoms with E-state index in [1.54, 1.807) is 11.8 Å². The fourth-order valence-corrected chi connectivity index (χ4v) is 1.05. The molecule has 0 saturated heterocycles. The van der Waals surface area contributed by atoms with E-state index in [1.807, 2.05) is 24.8 Å². The highest BCUT2D eigenvalue weighted by atomic mass is 32.2. The first-order valence-corrected chi connectivity index (χ1v) is 3.84. The summed E-state index contributed by atoms with van der Waals surface area (Å²) in [6, 6.07) is 0. The molecule has 1 aromatic heterocycles. The molecular formula is C5H9N2OS+. The van der Waals surface area contributed by atoms with Gasteiger partial charge in [0.25, 0.3) is 0 Å². The van der Waals surface area contributed by atoms with E-state index in [1.165, 1.54) is 0 Å². The highest BCUT2D eigenvalue weighted by molar-refractivity contribution is 7.98. The SMILES string of the molecule is CSc1noc(C)[n+]1C. The van der Waals surface area contributed by atoms with Gasteiger partial charge in [-0.1, -0.05) is 0 Å². The second-order valence-electron chi connectivity index (χ2n) is 1.75. The van der Waals surface area contributed by atoms with Crippen molar-refractivity contribution in [1.29, 1.82) is 0 Å². The fourth-order valence-electron chi connectivity index (χ4n) is 0.536. The number of rotatable bonds is 1. The van der Waals surface area contributed by atoms with Crippen LogP contribution in [0.3, 0.4) is 0 Å². The van der Waals surface area contributed by atoms with Crippen LogP contribution in [-0.2, 0) is 7.05 Å². The lowest BCUT2D eigenvalue weighted by atomic mass is 10.7. The van der Waals surface area contributed by atoms with Crippen LogP contribution in [0, 0.1) is 6.92 Å². The topological polar surface area (TPSA) is 29.9 Å². The zero-order valence-electron chi connectivity index (χ0n) is 5.71. The molecule has 0 N–H and O–H groups in total. The maximum absolute atomic E-state index is 4.88. The Bertz CT molecular complexity index is 209. The summed E-state index contributed by atoms with van der Waals surface area (Å²) in [6.07, 6.45) is 1.97. The van der Waals surface area contributed by atoms with Gasteiger partial charge < -0.3 is 0 Å². The molecule has 1 rings (SSSR count). The molecule has 0 unspecified atom stereocenters. The summed E-state index contributed by atoms with van der Waals surface area (Å²) in [6.45, 7) is 1.88. The van der Waals surface area contributed by atoms with Gasteiger partial charge in [-0.3, -0.25) is 0 Å². The van der Waals surface area contributed by atoms with Gasteiger partial charge in [-0.25, -0.2) is 4.52 Å². The average Bonchev–Trinajstić information content (AvgIpc) is 2.15. The normalized spacial score (nSPS) is 10.1. The Morgan fingerprint density at radius 2 is 2.33 bits per heavy atom. The van der Waals surface area contributed by atoms with Crippen LogP contribution in [-0.4, -0.2) is 11.4 Å². The van der Waals surface area contributed by atoms with Gasteiger partial charge >= 0.3 is 11.0 Å². The van der Waals surface area contributed by atoms with E-state index in [-0.39, 0.29) is 0 Å². The molecule has 0 atom stereocenters. The number of aromatic nitrogens is 2. The number of thioether (sulfide) groups is 1. The first-order valence-electron chi connectivity index (χ1n) is 2.62. The van der Waals surface area contributed by atoms with Crippen molar-refractivity contribution >= 4 is 11.8 Å². The van der Waals surface area contributed by atoms with Gasteiger partial charge in [-0.05, 0) is 18.0 Å². The third-order valence-corrected chi connectivity index (χ3v) is 1.91. The predicted octanol–water partition coefficient (Wildman–Crippen LogP) is 0.529. The zero-order valence-corrected chi connectivity index (χ0v) is 6.53. The molecule has 50 valence electrons. The molecule has 0 amide bonds. The van der Waals surface area contributed by atoms with Crippen molar-refractivity contribution < 1.29 is 9.09 Å². The Hall–Kier alpha value is -0.510. The molecule has 0 aromatic carbocycles. The van der Waals surface area contributed by atoms with E-state index in [9.17, 15) is 0 Å². The lowest BCUT2D eigenvalue weighted by molar-refractivity contribution is -0.717. The average molecular weight is 145 g/mol. The predicted molar refractivity (Wildman–Crippen MR) is 34.2 cm³/mol. The summed E-state index contributed by atoms with van der Waals surface area (Å²) in [7, 11) is 1.93. The van der Waals surface area contributed by atoms with Crippen LogP contribution in [0.25, 0.3) is 0 Å². The summed E-state index contributed by atoms with van der Waals surface area (Å²) < 4.78 is 6.79. The van der Waals surface area contributed by atoms with Crippen molar-refractivity contribution in [3.63, 3.8) is 0 Å². The third-order valence-electron chi connectivity index (χ3n) is 1.20. The number of hydrogen-bond donors (Lipinski definition) is 0. The summed E-state index contributed by atoms with van der Waals surface area (Å²) in [4.78, 5) is 0. The van der Waals surface area contributed by atoms with Crippen molar-refractivity contribution in [1.82, 2.24) is 5.16 Å². The van der Waals surface area contributed by atoms with Crippen LogP contribution < -0.4 is 4.57 Å². The first kappa shape index (κ1) is 6.61. The zero-order chi connectivity index (χ0) is 6.85. The van der Waals surface area contributed by atoms with Crippen molar-refractivity contribution in [3.05, 3.63) is 5.89 Å². The number of aryl methyl sites for hydroxylation is 1. The van der Waals surface area contributed by atoms with Gasteiger partial charge in [0.05, 0.1) is 7.05 Å². The Morgan fingerprint density at radius 3 is 2.56 bits per heavy atom. The molecule has 0 aliphatic rings. The minimum absolute atomic E-state index is 0.833. The van der Waals surface area contributed by atoms with E-state index in [2.05, 4.69) is 5.16 Å². The lowest BCUT2D eigenvalue weighted by Crippen LogP contribution is -2.31.